The molecule has 0 aromatic heterocycles. The summed E-state index contributed by atoms with van der Waals surface area (Å²) in [6.45, 7) is -0.642. The van der Waals surface area contributed by atoms with Crippen LogP contribution in [-0.4, -0.2) is 45.9 Å². The van der Waals surface area contributed by atoms with Gasteiger partial charge in [-0.3, -0.25) is 13.9 Å². The highest BCUT2D eigenvalue weighted by Gasteiger charge is 2.20. The van der Waals surface area contributed by atoms with Crippen molar-refractivity contribution in [1.82, 2.24) is 5.43 Å². The molecule has 0 atom stereocenters. The summed E-state index contributed by atoms with van der Waals surface area (Å²) in [7, 11) is -3.66. The van der Waals surface area contributed by atoms with Crippen molar-refractivity contribution in [3.8, 4) is 5.75 Å². The molecule has 2 aromatic carbocycles. The van der Waals surface area contributed by atoms with Gasteiger partial charge in [0.05, 0.1) is 18.2 Å². The predicted octanol–water partition coefficient (Wildman–Crippen LogP) is 1.23. The lowest BCUT2D eigenvalue weighted by molar-refractivity contribution is -0.120. The van der Waals surface area contributed by atoms with E-state index in [0.29, 0.717) is 17.0 Å². The van der Waals surface area contributed by atoms with E-state index in [4.69, 9.17) is 10.5 Å². The van der Waals surface area contributed by atoms with Crippen LogP contribution < -0.4 is 20.2 Å². The second kappa shape index (κ2) is 10.0. The van der Waals surface area contributed by atoms with E-state index >= 15 is 0 Å². The van der Waals surface area contributed by atoms with Crippen molar-refractivity contribution in [2.75, 3.05) is 23.7 Å². The van der Waals surface area contributed by atoms with Gasteiger partial charge in [0.15, 0.2) is 6.61 Å². The van der Waals surface area contributed by atoms with Crippen LogP contribution in [0.4, 0.5) is 5.69 Å². The van der Waals surface area contributed by atoms with E-state index in [1.54, 1.807) is 48.5 Å². The number of amides is 2. The van der Waals surface area contributed by atoms with Crippen LogP contribution in [0.1, 0.15) is 5.56 Å². The fourth-order valence-corrected chi connectivity index (χ4v) is 3.28. The van der Waals surface area contributed by atoms with Gasteiger partial charge in [-0.1, -0.05) is 15.9 Å². The van der Waals surface area contributed by atoms with Crippen LogP contribution in [0.5, 0.6) is 5.75 Å². The summed E-state index contributed by atoms with van der Waals surface area (Å²) >= 11 is 3.28. The zero-order valence-corrected chi connectivity index (χ0v) is 17.8. The molecule has 29 heavy (non-hydrogen) atoms. The first kappa shape index (κ1) is 22.4. The van der Waals surface area contributed by atoms with E-state index in [0.717, 1.165) is 15.0 Å². The maximum absolute atomic E-state index is 12.1. The van der Waals surface area contributed by atoms with Crippen molar-refractivity contribution < 1.29 is 22.7 Å². The normalized spacial score (nSPS) is 11.2. The maximum atomic E-state index is 12.1. The molecule has 0 radical (unpaired) electrons. The van der Waals surface area contributed by atoms with Crippen molar-refractivity contribution in [1.29, 1.82) is 0 Å². The van der Waals surface area contributed by atoms with E-state index in [9.17, 15) is 18.0 Å². The Morgan fingerprint density at radius 2 is 1.79 bits per heavy atom. The second-order valence-corrected chi connectivity index (χ2v) is 8.69. The highest BCUT2D eigenvalue weighted by molar-refractivity contribution is 9.10. The Kier molecular flexibility index (Phi) is 7.74. The first-order chi connectivity index (χ1) is 13.6. The summed E-state index contributed by atoms with van der Waals surface area (Å²) in [5.41, 5.74) is 8.31. The molecule has 0 aliphatic carbocycles. The average Bonchev–Trinajstić information content (AvgIpc) is 2.65. The molecule has 0 saturated heterocycles. The Balaban J connectivity index is 1.96. The Hall–Kier alpha value is -2.92. The van der Waals surface area contributed by atoms with Crippen LogP contribution in [0.2, 0.25) is 0 Å². The zero-order chi connectivity index (χ0) is 21.4. The van der Waals surface area contributed by atoms with Crippen LogP contribution >= 0.6 is 15.9 Å². The fourth-order valence-electron chi connectivity index (χ4n) is 2.16. The lowest BCUT2D eigenvalue weighted by Crippen LogP contribution is -2.38. The fraction of sp³-hybridized carbons (Fsp3) is 0.167. The van der Waals surface area contributed by atoms with Gasteiger partial charge in [0.2, 0.25) is 10.0 Å². The number of hydrogen-bond acceptors (Lipinski definition) is 6. The van der Waals surface area contributed by atoms with Crippen molar-refractivity contribution >= 4 is 49.7 Å². The highest BCUT2D eigenvalue weighted by atomic mass is 79.9. The molecule has 2 amide bonds. The number of hydrogen-bond donors (Lipinski definition) is 2. The number of halogens is 1. The third kappa shape index (κ3) is 7.54. The smallest absolute Gasteiger partial charge is 0.260 e. The maximum Gasteiger partial charge on any atom is 0.260 e. The van der Waals surface area contributed by atoms with Gasteiger partial charge >= 0.3 is 0 Å². The third-order valence-corrected chi connectivity index (χ3v) is 5.14. The number of anilines is 1. The number of carbonyl (C=O) groups is 2. The molecule has 9 nitrogen and oxygen atoms in total. The Labute approximate surface area is 176 Å². The largest absolute Gasteiger partial charge is 0.484 e. The van der Waals surface area contributed by atoms with E-state index in [-0.39, 0.29) is 6.61 Å². The molecule has 11 heteroatoms. The van der Waals surface area contributed by atoms with E-state index in [1.807, 2.05) is 0 Å². The third-order valence-electron chi connectivity index (χ3n) is 3.47. The molecule has 154 valence electrons. The highest BCUT2D eigenvalue weighted by Crippen LogP contribution is 2.20. The lowest BCUT2D eigenvalue weighted by atomic mass is 10.2. The van der Waals surface area contributed by atoms with Crippen LogP contribution in [0.25, 0.3) is 0 Å². The number of nitrogens with zero attached hydrogens (tertiary/aromatic N) is 2. The Bertz CT molecular complexity index is 992. The minimum absolute atomic E-state index is 0.224. The van der Waals surface area contributed by atoms with Crippen LogP contribution in [0, 0.1) is 0 Å². The molecule has 0 heterocycles. The van der Waals surface area contributed by atoms with Crippen LogP contribution in [0.3, 0.4) is 0 Å². The topological polar surface area (TPSA) is 131 Å². The first-order valence-corrected chi connectivity index (χ1v) is 10.9. The van der Waals surface area contributed by atoms with Gasteiger partial charge in [-0.05, 0) is 54.1 Å². The van der Waals surface area contributed by atoms with Gasteiger partial charge in [0.1, 0.15) is 12.3 Å². The number of rotatable bonds is 9. The molecule has 0 bridgehead atoms. The van der Waals surface area contributed by atoms with Gasteiger partial charge in [0.25, 0.3) is 11.8 Å². The number of ether oxygens (including phenoxy) is 1. The average molecular weight is 483 g/mol. The number of sulfonamides is 1. The molecule has 0 saturated carbocycles. The van der Waals surface area contributed by atoms with Crippen molar-refractivity contribution in [3.63, 3.8) is 0 Å². The summed E-state index contributed by atoms with van der Waals surface area (Å²) in [5, 5.41) is 3.82. The van der Waals surface area contributed by atoms with Crippen LogP contribution in [0.15, 0.2) is 58.1 Å². The molecule has 0 unspecified atom stereocenters. The van der Waals surface area contributed by atoms with Gasteiger partial charge in [-0.15, -0.1) is 0 Å². The molecule has 3 N–H and O–H groups in total. The SMILES string of the molecule is CS(=O)(=O)N(CC(=O)N/N=C\c1ccc(OCC(N)=O)cc1)c1ccc(Br)cc1. The second-order valence-electron chi connectivity index (χ2n) is 5.86. The minimum atomic E-state index is -3.66. The number of nitrogens with two attached hydrogens (primary N) is 1. The van der Waals surface area contributed by atoms with E-state index < -0.39 is 28.4 Å². The molecule has 0 spiro atoms. The molecular formula is C18H19BrN4O5S. The Morgan fingerprint density at radius 3 is 2.34 bits per heavy atom. The molecule has 2 rings (SSSR count). The summed E-state index contributed by atoms with van der Waals surface area (Å²) < 4.78 is 31.0. The lowest BCUT2D eigenvalue weighted by Gasteiger charge is -2.21. The van der Waals surface area contributed by atoms with Crippen molar-refractivity contribution in [3.05, 3.63) is 58.6 Å². The van der Waals surface area contributed by atoms with Gasteiger partial charge in [-0.25, -0.2) is 13.8 Å². The molecule has 0 fully saturated rings. The summed E-state index contributed by atoms with van der Waals surface area (Å²) in [6.07, 6.45) is 2.41. The van der Waals surface area contributed by atoms with Crippen molar-refractivity contribution in [2.45, 2.75) is 0 Å². The molecule has 2 aromatic rings. The summed E-state index contributed by atoms with van der Waals surface area (Å²) in [6, 6.07) is 13.1. The number of hydrazone groups is 1. The first-order valence-electron chi connectivity index (χ1n) is 8.21. The molecule has 0 aliphatic heterocycles. The number of nitrogens with one attached hydrogen (secondary N) is 1. The van der Waals surface area contributed by atoms with E-state index in [1.165, 1.54) is 6.21 Å². The standard InChI is InChI=1S/C18H19BrN4O5S/c1-29(26,27)23(15-6-4-14(19)5-7-15)11-18(25)22-21-10-13-2-8-16(9-3-13)28-12-17(20)24/h2-10H,11-12H2,1H3,(H2,20,24)(H,22,25)/b21-10-. The zero-order valence-electron chi connectivity index (χ0n) is 15.4. The summed E-state index contributed by atoms with van der Waals surface area (Å²) in [5.74, 6) is -0.719. The minimum Gasteiger partial charge on any atom is -0.484 e. The number of benzene rings is 2. The number of carbonyl (C=O) groups excluding carboxylic acids is 2. The quantitative estimate of drug-likeness (QED) is 0.409. The predicted molar refractivity (Wildman–Crippen MR) is 113 cm³/mol. The monoisotopic (exact) mass is 482 g/mol. The molecule has 0 aliphatic rings. The number of primary amides is 1. The Morgan fingerprint density at radius 1 is 1.17 bits per heavy atom. The van der Waals surface area contributed by atoms with Crippen molar-refractivity contribution in [2.24, 2.45) is 10.8 Å². The van der Waals surface area contributed by atoms with Crippen LogP contribution in [-0.2, 0) is 19.6 Å². The summed E-state index contributed by atoms with van der Waals surface area (Å²) in [4.78, 5) is 22.8. The van der Waals surface area contributed by atoms with Gasteiger partial charge in [0, 0.05) is 4.47 Å². The van der Waals surface area contributed by atoms with Gasteiger partial charge < -0.3 is 10.5 Å². The van der Waals surface area contributed by atoms with E-state index in [2.05, 4.69) is 26.5 Å². The molecular weight excluding hydrogens is 464 g/mol. The van der Waals surface area contributed by atoms with Gasteiger partial charge in [-0.2, -0.15) is 5.10 Å².